The Hall–Kier alpha value is -2.17. The third-order valence-electron chi connectivity index (χ3n) is 4.55. The Labute approximate surface area is 158 Å². The van der Waals surface area contributed by atoms with E-state index in [0.717, 1.165) is 18.2 Å². The minimum absolute atomic E-state index is 0.0769. The van der Waals surface area contributed by atoms with E-state index in [9.17, 15) is 19.0 Å². The molecule has 0 aromatic heterocycles. The molecule has 1 unspecified atom stereocenters. The summed E-state index contributed by atoms with van der Waals surface area (Å²) < 4.78 is 12.4. The zero-order valence-electron chi connectivity index (χ0n) is 15.1. The van der Waals surface area contributed by atoms with Crippen molar-refractivity contribution in [3.63, 3.8) is 0 Å². The van der Waals surface area contributed by atoms with Gasteiger partial charge in [0.25, 0.3) is 0 Å². The Morgan fingerprint density at radius 2 is 1.56 bits per heavy atom. The molecule has 2 aromatic carbocycles. The molecular formula is C20H25O6P. The quantitative estimate of drug-likeness (QED) is 0.394. The monoisotopic (exact) mass is 392 g/mol. The Balaban J connectivity index is 1.88. The van der Waals surface area contributed by atoms with Crippen molar-refractivity contribution in [1.82, 2.24) is 0 Å². The number of unbranched alkanes of at least 4 members (excludes halogenated alkanes) is 1. The number of hydrogen-bond donors (Lipinski definition) is 3. The van der Waals surface area contributed by atoms with E-state index in [1.165, 1.54) is 10.9 Å². The lowest BCUT2D eigenvalue weighted by Crippen LogP contribution is -2.17. The number of hydrogen-bond acceptors (Lipinski definition) is 3. The number of carboxylic acids is 2. The molecule has 0 aliphatic carbocycles. The number of benzene rings is 2. The second kappa shape index (κ2) is 9.67. The Morgan fingerprint density at radius 3 is 2.22 bits per heavy atom. The summed E-state index contributed by atoms with van der Waals surface area (Å²) in [5.74, 6) is -3.14. The summed E-state index contributed by atoms with van der Waals surface area (Å²) in [5.41, 5.74) is 1.19. The van der Waals surface area contributed by atoms with Crippen LogP contribution in [0.4, 0.5) is 0 Å². The maximum atomic E-state index is 12.4. The molecule has 7 heteroatoms. The van der Waals surface area contributed by atoms with Gasteiger partial charge in [0, 0.05) is 25.2 Å². The fourth-order valence-corrected chi connectivity index (χ4v) is 5.34. The van der Waals surface area contributed by atoms with Crippen LogP contribution in [-0.2, 0) is 20.6 Å². The lowest BCUT2D eigenvalue weighted by atomic mass is 10.0. The van der Waals surface area contributed by atoms with E-state index in [0.29, 0.717) is 6.42 Å². The first-order valence-electron chi connectivity index (χ1n) is 8.98. The van der Waals surface area contributed by atoms with Crippen molar-refractivity contribution in [3.8, 4) is 0 Å². The van der Waals surface area contributed by atoms with Gasteiger partial charge in [-0.2, -0.15) is 0 Å². The summed E-state index contributed by atoms with van der Waals surface area (Å²) in [7, 11) is -3.56. The van der Waals surface area contributed by atoms with Gasteiger partial charge in [0.1, 0.15) is 0 Å². The molecule has 0 fully saturated rings. The van der Waals surface area contributed by atoms with Gasteiger partial charge in [0.2, 0.25) is 7.37 Å². The molecule has 2 rings (SSSR count). The van der Waals surface area contributed by atoms with Gasteiger partial charge in [-0.25, -0.2) is 0 Å². The van der Waals surface area contributed by atoms with Crippen molar-refractivity contribution in [2.45, 2.75) is 32.1 Å². The zero-order chi connectivity index (χ0) is 19.9. The van der Waals surface area contributed by atoms with Crippen LogP contribution in [0.2, 0.25) is 0 Å². The molecule has 0 spiro atoms. The van der Waals surface area contributed by atoms with E-state index >= 15 is 0 Å². The molecule has 0 heterocycles. The molecule has 27 heavy (non-hydrogen) atoms. The van der Waals surface area contributed by atoms with Crippen LogP contribution in [0.1, 0.15) is 31.2 Å². The smallest absolute Gasteiger partial charge is 0.303 e. The molecule has 6 nitrogen and oxygen atoms in total. The third-order valence-corrected chi connectivity index (χ3v) is 6.66. The van der Waals surface area contributed by atoms with Crippen LogP contribution in [0, 0.1) is 5.92 Å². The largest absolute Gasteiger partial charge is 0.481 e. The number of carboxylic acid groups (broad SMARTS) is 2. The molecule has 0 bridgehead atoms. The molecule has 3 N–H and O–H groups in total. The lowest BCUT2D eigenvalue weighted by molar-refractivity contribution is -0.140. The highest BCUT2D eigenvalue weighted by Crippen LogP contribution is 2.44. The first-order chi connectivity index (χ1) is 12.8. The SMILES string of the molecule is O=C(O)CC(CC(=O)O)CP(=O)(O)CCCCc1cccc2ccccc12. The summed E-state index contributed by atoms with van der Waals surface area (Å²) in [4.78, 5) is 31.8. The third kappa shape index (κ3) is 7.16. The second-order valence-corrected chi connectivity index (χ2v) is 9.41. The number of aliphatic carboxylic acids is 2. The predicted octanol–water partition coefficient (Wildman–Crippen LogP) is 4.00. The summed E-state index contributed by atoms with van der Waals surface area (Å²) in [5, 5.41) is 20.0. The number of carbonyl (C=O) groups is 2. The van der Waals surface area contributed by atoms with Crippen LogP contribution in [0.25, 0.3) is 10.8 Å². The van der Waals surface area contributed by atoms with Crippen LogP contribution in [-0.4, -0.2) is 39.4 Å². The maximum absolute atomic E-state index is 12.4. The van der Waals surface area contributed by atoms with Gasteiger partial charge in [-0.1, -0.05) is 42.5 Å². The molecule has 0 saturated carbocycles. The molecule has 0 amide bonds. The normalized spacial score (nSPS) is 13.6. The summed E-state index contributed by atoms with van der Waals surface area (Å²) in [6, 6.07) is 14.2. The van der Waals surface area contributed by atoms with E-state index in [2.05, 4.69) is 12.1 Å². The van der Waals surface area contributed by atoms with Crippen molar-refractivity contribution in [1.29, 1.82) is 0 Å². The van der Waals surface area contributed by atoms with E-state index in [4.69, 9.17) is 10.2 Å². The van der Waals surface area contributed by atoms with Crippen molar-refractivity contribution < 1.29 is 29.3 Å². The van der Waals surface area contributed by atoms with E-state index < -0.39 is 38.1 Å². The molecule has 0 saturated heterocycles. The highest BCUT2D eigenvalue weighted by molar-refractivity contribution is 7.58. The first kappa shape index (κ1) is 21.1. The van der Waals surface area contributed by atoms with Gasteiger partial charge in [-0.3, -0.25) is 14.2 Å². The second-order valence-electron chi connectivity index (χ2n) is 6.91. The summed E-state index contributed by atoms with van der Waals surface area (Å²) in [6.45, 7) is 0. The average molecular weight is 392 g/mol. The summed E-state index contributed by atoms with van der Waals surface area (Å²) in [6.07, 6.45) is 1.05. The van der Waals surface area contributed by atoms with Crippen LogP contribution < -0.4 is 0 Å². The minimum atomic E-state index is -3.56. The maximum Gasteiger partial charge on any atom is 0.303 e. The van der Waals surface area contributed by atoms with E-state index in [1.807, 2.05) is 30.3 Å². The molecule has 0 radical (unpaired) electrons. The van der Waals surface area contributed by atoms with E-state index in [1.54, 1.807) is 0 Å². The van der Waals surface area contributed by atoms with Crippen molar-refractivity contribution in [3.05, 3.63) is 48.0 Å². The molecule has 0 aliphatic heterocycles. The average Bonchev–Trinajstić information content (AvgIpc) is 2.57. The van der Waals surface area contributed by atoms with Gasteiger partial charge in [-0.15, -0.1) is 0 Å². The fraction of sp³-hybridized carbons (Fsp3) is 0.400. The first-order valence-corrected chi connectivity index (χ1v) is 11.0. The van der Waals surface area contributed by atoms with Crippen LogP contribution in [0.3, 0.4) is 0 Å². The van der Waals surface area contributed by atoms with Gasteiger partial charge < -0.3 is 15.1 Å². The Kier molecular flexibility index (Phi) is 7.57. The minimum Gasteiger partial charge on any atom is -0.481 e. The molecule has 2 aromatic rings. The van der Waals surface area contributed by atoms with Crippen molar-refractivity contribution in [2.75, 3.05) is 12.3 Å². The summed E-state index contributed by atoms with van der Waals surface area (Å²) >= 11 is 0. The predicted molar refractivity (Wildman–Crippen MR) is 104 cm³/mol. The lowest BCUT2D eigenvalue weighted by Gasteiger charge is -2.17. The van der Waals surface area contributed by atoms with Gasteiger partial charge in [-0.05, 0) is 41.5 Å². The molecule has 146 valence electrons. The van der Waals surface area contributed by atoms with Gasteiger partial charge >= 0.3 is 11.9 Å². The van der Waals surface area contributed by atoms with Gasteiger partial charge in [0.15, 0.2) is 0 Å². The molecule has 0 aliphatic rings. The van der Waals surface area contributed by atoms with Crippen LogP contribution in [0.15, 0.2) is 42.5 Å². The zero-order valence-corrected chi connectivity index (χ0v) is 16.0. The topological polar surface area (TPSA) is 112 Å². The van der Waals surface area contributed by atoms with Gasteiger partial charge in [0.05, 0.1) is 0 Å². The highest BCUT2D eigenvalue weighted by atomic mass is 31.2. The Bertz CT molecular complexity index is 826. The fourth-order valence-electron chi connectivity index (χ4n) is 3.37. The van der Waals surface area contributed by atoms with Crippen LogP contribution >= 0.6 is 7.37 Å². The molecule has 1 atom stereocenters. The number of fused-ring (bicyclic) bond motifs is 1. The number of rotatable bonds is 11. The molecular weight excluding hydrogens is 367 g/mol. The van der Waals surface area contributed by atoms with Crippen LogP contribution in [0.5, 0.6) is 0 Å². The van der Waals surface area contributed by atoms with E-state index in [-0.39, 0.29) is 12.3 Å². The van der Waals surface area contributed by atoms with Crippen molar-refractivity contribution >= 4 is 30.1 Å². The standard InChI is InChI=1S/C20H25O6P/c21-19(22)12-15(13-20(23)24)14-27(25,26)11-4-3-7-17-9-5-8-16-6-1-2-10-18(16)17/h1-2,5-6,8-10,15H,3-4,7,11-14H2,(H,21,22)(H,23,24)(H,25,26). The highest BCUT2D eigenvalue weighted by Gasteiger charge is 2.27. The Morgan fingerprint density at radius 1 is 0.926 bits per heavy atom. The van der Waals surface area contributed by atoms with Crippen molar-refractivity contribution in [2.24, 2.45) is 5.92 Å². The number of aryl methyl sites for hydroxylation is 1.